The quantitative estimate of drug-likeness (QED) is 0.605. The molecule has 1 saturated carbocycles. The standard InChI is InChI=1S/C14H22N2/c1-9-5-6-10(2)11(7-9)13(16-15)12-8-14(12,3)4/h5-7,12-13,16H,8,15H2,1-4H3. The number of hydrogen-bond donors (Lipinski definition) is 2. The maximum atomic E-state index is 5.74. The minimum absolute atomic E-state index is 0.301. The summed E-state index contributed by atoms with van der Waals surface area (Å²) in [6, 6.07) is 6.90. The Morgan fingerprint density at radius 2 is 2.00 bits per heavy atom. The Balaban J connectivity index is 2.30. The van der Waals surface area contributed by atoms with Crippen LogP contribution >= 0.6 is 0 Å². The molecule has 2 rings (SSSR count). The summed E-state index contributed by atoms with van der Waals surface area (Å²) in [5.74, 6) is 6.40. The van der Waals surface area contributed by atoms with Gasteiger partial charge in [-0.05, 0) is 42.7 Å². The highest BCUT2D eigenvalue weighted by Crippen LogP contribution is 2.57. The van der Waals surface area contributed by atoms with Crippen LogP contribution in [0.25, 0.3) is 0 Å². The van der Waals surface area contributed by atoms with Gasteiger partial charge in [0.05, 0.1) is 0 Å². The van der Waals surface area contributed by atoms with Crippen LogP contribution in [0, 0.1) is 25.2 Å². The minimum Gasteiger partial charge on any atom is -0.271 e. The lowest BCUT2D eigenvalue weighted by Crippen LogP contribution is -2.31. The Hall–Kier alpha value is -0.860. The minimum atomic E-state index is 0.301. The van der Waals surface area contributed by atoms with Crippen molar-refractivity contribution < 1.29 is 0 Å². The molecule has 2 unspecified atom stereocenters. The van der Waals surface area contributed by atoms with Crippen molar-refractivity contribution in [2.75, 3.05) is 0 Å². The first-order chi connectivity index (χ1) is 7.45. The molecule has 0 amide bonds. The predicted molar refractivity (Wildman–Crippen MR) is 67.9 cm³/mol. The lowest BCUT2D eigenvalue weighted by molar-refractivity contribution is 0.421. The number of benzene rings is 1. The van der Waals surface area contributed by atoms with Crippen molar-refractivity contribution >= 4 is 0 Å². The van der Waals surface area contributed by atoms with Gasteiger partial charge in [0.15, 0.2) is 0 Å². The maximum absolute atomic E-state index is 5.74. The summed E-state index contributed by atoms with van der Waals surface area (Å²) in [5.41, 5.74) is 7.44. The number of hydrazine groups is 1. The molecule has 0 heterocycles. The third kappa shape index (κ3) is 2.00. The number of aryl methyl sites for hydroxylation is 2. The Morgan fingerprint density at radius 1 is 1.38 bits per heavy atom. The van der Waals surface area contributed by atoms with Crippen LogP contribution in [0.4, 0.5) is 0 Å². The van der Waals surface area contributed by atoms with Crippen molar-refractivity contribution in [2.24, 2.45) is 17.2 Å². The van der Waals surface area contributed by atoms with E-state index in [0.717, 1.165) is 0 Å². The van der Waals surface area contributed by atoms with Gasteiger partial charge in [0.2, 0.25) is 0 Å². The fourth-order valence-corrected chi connectivity index (χ4v) is 2.59. The molecule has 1 fully saturated rings. The van der Waals surface area contributed by atoms with Crippen molar-refractivity contribution in [1.29, 1.82) is 0 Å². The van der Waals surface area contributed by atoms with Crippen molar-refractivity contribution in [3.8, 4) is 0 Å². The van der Waals surface area contributed by atoms with Crippen LogP contribution in [0.5, 0.6) is 0 Å². The molecule has 1 aliphatic carbocycles. The van der Waals surface area contributed by atoms with E-state index in [1.54, 1.807) is 0 Å². The highest BCUT2D eigenvalue weighted by atomic mass is 15.2. The van der Waals surface area contributed by atoms with E-state index in [1.165, 1.54) is 23.1 Å². The molecule has 2 nitrogen and oxygen atoms in total. The fourth-order valence-electron chi connectivity index (χ4n) is 2.59. The van der Waals surface area contributed by atoms with Crippen molar-refractivity contribution in [3.05, 3.63) is 34.9 Å². The lowest BCUT2D eigenvalue weighted by Gasteiger charge is -2.20. The Morgan fingerprint density at radius 3 is 2.50 bits per heavy atom. The van der Waals surface area contributed by atoms with Crippen LogP contribution in [0.2, 0.25) is 0 Å². The molecule has 0 aromatic heterocycles. The third-order valence-electron chi connectivity index (χ3n) is 3.94. The SMILES string of the molecule is Cc1ccc(C)c(C(NN)C2CC2(C)C)c1. The Kier molecular flexibility index (Phi) is 2.81. The summed E-state index contributed by atoms with van der Waals surface area (Å²) in [4.78, 5) is 0. The first-order valence-electron chi connectivity index (χ1n) is 5.99. The van der Waals surface area contributed by atoms with Gasteiger partial charge < -0.3 is 0 Å². The number of hydrogen-bond acceptors (Lipinski definition) is 2. The topological polar surface area (TPSA) is 38.0 Å². The van der Waals surface area contributed by atoms with Gasteiger partial charge in [0, 0.05) is 6.04 Å². The van der Waals surface area contributed by atoms with E-state index in [4.69, 9.17) is 5.84 Å². The van der Waals surface area contributed by atoms with E-state index >= 15 is 0 Å². The van der Waals surface area contributed by atoms with E-state index in [2.05, 4.69) is 51.3 Å². The first kappa shape index (κ1) is 11.6. The normalized spacial score (nSPS) is 24.2. The van der Waals surface area contributed by atoms with Crippen LogP contribution in [0.15, 0.2) is 18.2 Å². The van der Waals surface area contributed by atoms with E-state index in [-0.39, 0.29) is 0 Å². The van der Waals surface area contributed by atoms with E-state index < -0.39 is 0 Å². The van der Waals surface area contributed by atoms with Gasteiger partial charge in [0.25, 0.3) is 0 Å². The fraction of sp³-hybridized carbons (Fsp3) is 0.571. The Bertz CT molecular complexity index is 396. The van der Waals surface area contributed by atoms with Crippen LogP contribution in [-0.2, 0) is 0 Å². The van der Waals surface area contributed by atoms with Gasteiger partial charge in [-0.2, -0.15) is 0 Å². The number of rotatable bonds is 3. The molecule has 0 bridgehead atoms. The van der Waals surface area contributed by atoms with Crippen LogP contribution in [0.3, 0.4) is 0 Å². The summed E-state index contributed by atoms with van der Waals surface area (Å²) in [7, 11) is 0. The van der Waals surface area contributed by atoms with Gasteiger partial charge in [-0.15, -0.1) is 0 Å². The van der Waals surface area contributed by atoms with Gasteiger partial charge in [-0.3, -0.25) is 11.3 Å². The second-order valence-electron chi connectivity index (χ2n) is 5.80. The van der Waals surface area contributed by atoms with Gasteiger partial charge >= 0.3 is 0 Å². The van der Waals surface area contributed by atoms with Crippen molar-refractivity contribution in [2.45, 2.75) is 40.2 Å². The summed E-state index contributed by atoms with van der Waals surface area (Å²) in [6.07, 6.45) is 1.26. The maximum Gasteiger partial charge on any atom is 0.0496 e. The van der Waals surface area contributed by atoms with Crippen LogP contribution in [-0.4, -0.2) is 0 Å². The largest absolute Gasteiger partial charge is 0.271 e. The molecule has 0 spiro atoms. The summed E-state index contributed by atoms with van der Waals surface area (Å²) in [5, 5.41) is 0. The van der Waals surface area contributed by atoms with E-state index in [1.807, 2.05) is 0 Å². The first-order valence-corrected chi connectivity index (χ1v) is 5.99. The molecule has 3 N–H and O–H groups in total. The van der Waals surface area contributed by atoms with E-state index in [0.29, 0.717) is 17.4 Å². The molecule has 1 aliphatic rings. The summed E-state index contributed by atoms with van der Waals surface area (Å²) < 4.78 is 0. The van der Waals surface area contributed by atoms with Crippen LogP contribution < -0.4 is 11.3 Å². The second kappa shape index (κ2) is 3.86. The predicted octanol–water partition coefficient (Wildman–Crippen LogP) is 2.85. The Labute approximate surface area is 98.2 Å². The third-order valence-corrected chi connectivity index (χ3v) is 3.94. The molecular formula is C14H22N2. The molecule has 2 heteroatoms. The number of nitrogens with two attached hydrogens (primary N) is 1. The molecule has 16 heavy (non-hydrogen) atoms. The smallest absolute Gasteiger partial charge is 0.0496 e. The van der Waals surface area contributed by atoms with Gasteiger partial charge in [-0.25, -0.2) is 0 Å². The van der Waals surface area contributed by atoms with Crippen molar-refractivity contribution in [3.63, 3.8) is 0 Å². The molecule has 2 atom stereocenters. The van der Waals surface area contributed by atoms with E-state index in [9.17, 15) is 0 Å². The summed E-state index contributed by atoms with van der Waals surface area (Å²) >= 11 is 0. The zero-order valence-electron chi connectivity index (χ0n) is 10.7. The lowest BCUT2D eigenvalue weighted by atomic mass is 9.93. The average Bonchev–Trinajstić information content (AvgIpc) is 2.82. The molecule has 0 radical (unpaired) electrons. The average molecular weight is 218 g/mol. The zero-order chi connectivity index (χ0) is 11.9. The van der Waals surface area contributed by atoms with Gasteiger partial charge in [0.1, 0.15) is 0 Å². The number of nitrogens with one attached hydrogen (secondary N) is 1. The highest BCUT2D eigenvalue weighted by molar-refractivity contribution is 5.34. The second-order valence-corrected chi connectivity index (χ2v) is 5.80. The van der Waals surface area contributed by atoms with Gasteiger partial charge in [-0.1, -0.05) is 37.6 Å². The zero-order valence-corrected chi connectivity index (χ0v) is 10.7. The summed E-state index contributed by atoms with van der Waals surface area (Å²) in [6.45, 7) is 8.92. The molecule has 0 aliphatic heterocycles. The molecule has 0 saturated heterocycles. The molecule has 88 valence electrons. The highest BCUT2D eigenvalue weighted by Gasteiger charge is 2.50. The van der Waals surface area contributed by atoms with Crippen molar-refractivity contribution in [1.82, 2.24) is 5.43 Å². The monoisotopic (exact) mass is 218 g/mol. The molecule has 1 aromatic rings. The molecule has 1 aromatic carbocycles. The van der Waals surface area contributed by atoms with Crippen LogP contribution in [0.1, 0.15) is 43.0 Å². The molecular weight excluding hydrogens is 196 g/mol.